The predicted molar refractivity (Wildman–Crippen MR) is 70.8 cm³/mol. The summed E-state index contributed by atoms with van der Waals surface area (Å²) in [5.74, 6) is 0.681. The summed E-state index contributed by atoms with van der Waals surface area (Å²) in [6.07, 6.45) is 4.60. The molecule has 3 rings (SSSR count). The molecule has 1 aromatic heterocycles. The number of benzene rings is 1. The van der Waals surface area contributed by atoms with Gasteiger partial charge in [-0.15, -0.1) is 0 Å². The van der Waals surface area contributed by atoms with Gasteiger partial charge in [-0.3, -0.25) is 0 Å². The van der Waals surface area contributed by atoms with E-state index in [9.17, 15) is 0 Å². The normalized spacial score (nSPS) is 21.4. The molecule has 2 N–H and O–H groups in total. The third-order valence-corrected chi connectivity index (χ3v) is 4.08. The summed E-state index contributed by atoms with van der Waals surface area (Å²) in [6, 6.07) is 6.76. The first-order valence-electron chi connectivity index (χ1n) is 5.82. The molecular formula is C13H15BrN2. The molecule has 0 bridgehead atoms. The Morgan fingerprint density at radius 3 is 3.06 bits per heavy atom. The summed E-state index contributed by atoms with van der Waals surface area (Å²) in [5.41, 5.74) is 2.68. The van der Waals surface area contributed by atoms with Crippen molar-refractivity contribution in [3.05, 3.63) is 34.4 Å². The molecule has 1 aromatic carbocycles. The maximum Gasteiger partial charge on any atom is 0.0468 e. The van der Waals surface area contributed by atoms with Crippen molar-refractivity contribution >= 4 is 26.8 Å². The van der Waals surface area contributed by atoms with Crippen molar-refractivity contribution < 1.29 is 0 Å². The van der Waals surface area contributed by atoms with Crippen LogP contribution in [0, 0.1) is 0 Å². The maximum absolute atomic E-state index is 3.54. The fourth-order valence-corrected chi connectivity index (χ4v) is 2.96. The van der Waals surface area contributed by atoms with Gasteiger partial charge in [0.2, 0.25) is 0 Å². The zero-order valence-electron chi connectivity index (χ0n) is 9.09. The molecular weight excluding hydrogens is 264 g/mol. The quantitative estimate of drug-likeness (QED) is 0.822. The molecule has 1 saturated heterocycles. The van der Waals surface area contributed by atoms with Crippen LogP contribution < -0.4 is 5.32 Å². The highest BCUT2D eigenvalue weighted by Crippen LogP contribution is 2.29. The molecule has 0 spiro atoms. The van der Waals surface area contributed by atoms with E-state index in [2.05, 4.69) is 44.4 Å². The van der Waals surface area contributed by atoms with E-state index in [0.717, 1.165) is 11.0 Å². The average Bonchev–Trinajstić information content (AvgIpc) is 2.72. The second-order valence-corrected chi connectivity index (χ2v) is 5.34. The van der Waals surface area contributed by atoms with Gasteiger partial charge in [0.25, 0.3) is 0 Å². The third kappa shape index (κ3) is 1.78. The third-order valence-electron chi connectivity index (χ3n) is 3.42. The van der Waals surface area contributed by atoms with Crippen molar-refractivity contribution in [3.8, 4) is 0 Å². The molecule has 84 valence electrons. The molecule has 1 aliphatic rings. The molecule has 0 saturated carbocycles. The fraction of sp³-hybridized carbons (Fsp3) is 0.385. The molecule has 1 unspecified atom stereocenters. The van der Waals surface area contributed by atoms with Gasteiger partial charge in [-0.2, -0.15) is 0 Å². The molecule has 2 heterocycles. The minimum Gasteiger partial charge on any atom is -0.360 e. The molecule has 1 atom stereocenters. The highest BCUT2D eigenvalue weighted by Gasteiger charge is 2.15. The van der Waals surface area contributed by atoms with E-state index >= 15 is 0 Å². The van der Waals surface area contributed by atoms with Crippen molar-refractivity contribution in [2.75, 3.05) is 13.1 Å². The van der Waals surface area contributed by atoms with Crippen molar-refractivity contribution in [1.29, 1.82) is 0 Å². The maximum atomic E-state index is 3.54. The second kappa shape index (κ2) is 4.22. The Kier molecular flexibility index (Phi) is 2.74. The molecule has 16 heavy (non-hydrogen) atoms. The van der Waals surface area contributed by atoms with Crippen LogP contribution in [0.3, 0.4) is 0 Å². The van der Waals surface area contributed by atoms with Gasteiger partial charge in [0, 0.05) is 28.1 Å². The van der Waals surface area contributed by atoms with Crippen molar-refractivity contribution in [2.45, 2.75) is 18.8 Å². The topological polar surface area (TPSA) is 27.8 Å². The number of fused-ring (bicyclic) bond motifs is 1. The first kappa shape index (κ1) is 10.4. The minimum absolute atomic E-state index is 0.681. The number of hydrogen-bond donors (Lipinski definition) is 2. The number of rotatable bonds is 1. The first-order valence-corrected chi connectivity index (χ1v) is 6.61. The van der Waals surface area contributed by atoms with Gasteiger partial charge < -0.3 is 10.3 Å². The number of aromatic amines is 1. The van der Waals surface area contributed by atoms with Crippen LogP contribution in [0.5, 0.6) is 0 Å². The monoisotopic (exact) mass is 278 g/mol. The summed E-state index contributed by atoms with van der Waals surface area (Å²) in [5, 5.41) is 4.74. The molecule has 3 heteroatoms. The highest BCUT2D eigenvalue weighted by atomic mass is 79.9. The number of nitrogens with one attached hydrogen (secondary N) is 2. The zero-order valence-corrected chi connectivity index (χ0v) is 10.7. The van der Waals surface area contributed by atoms with Crippen LogP contribution in [0.15, 0.2) is 28.9 Å². The van der Waals surface area contributed by atoms with Crippen LogP contribution in [0.2, 0.25) is 0 Å². The van der Waals surface area contributed by atoms with Crippen LogP contribution in [0.25, 0.3) is 10.9 Å². The van der Waals surface area contributed by atoms with E-state index in [1.54, 1.807) is 0 Å². The summed E-state index contributed by atoms with van der Waals surface area (Å²) in [6.45, 7) is 2.29. The number of halogens is 1. The van der Waals surface area contributed by atoms with E-state index in [4.69, 9.17) is 0 Å². The smallest absolute Gasteiger partial charge is 0.0468 e. The molecule has 2 aromatic rings. The second-order valence-electron chi connectivity index (χ2n) is 4.48. The summed E-state index contributed by atoms with van der Waals surface area (Å²) in [4.78, 5) is 3.30. The first-order chi connectivity index (χ1) is 7.84. The number of piperidine rings is 1. The standard InChI is InChI=1S/C13H15BrN2/c14-12-8-16-13-6-9(3-4-11(12)13)10-2-1-5-15-7-10/h3-4,6,8,10,15-16H,1-2,5,7H2. The highest BCUT2D eigenvalue weighted by molar-refractivity contribution is 9.10. The summed E-state index contributed by atoms with van der Waals surface area (Å²) in [7, 11) is 0. The lowest BCUT2D eigenvalue weighted by Gasteiger charge is -2.23. The molecule has 2 nitrogen and oxygen atoms in total. The summed E-state index contributed by atoms with van der Waals surface area (Å²) < 4.78 is 1.15. The molecule has 0 aliphatic carbocycles. The predicted octanol–water partition coefficient (Wildman–Crippen LogP) is 3.40. The van der Waals surface area contributed by atoms with Gasteiger partial charge in [0.15, 0.2) is 0 Å². The van der Waals surface area contributed by atoms with E-state index in [1.807, 2.05) is 6.20 Å². The number of H-pyrrole nitrogens is 1. The average molecular weight is 279 g/mol. The van der Waals surface area contributed by atoms with E-state index in [0.29, 0.717) is 5.92 Å². The van der Waals surface area contributed by atoms with Gasteiger partial charge in [-0.1, -0.05) is 12.1 Å². The Bertz CT molecular complexity index is 498. The van der Waals surface area contributed by atoms with Crippen LogP contribution in [0.4, 0.5) is 0 Å². The Morgan fingerprint density at radius 2 is 2.25 bits per heavy atom. The lowest BCUT2D eigenvalue weighted by Crippen LogP contribution is -2.28. The number of aromatic nitrogens is 1. The Morgan fingerprint density at radius 1 is 1.31 bits per heavy atom. The van der Waals surface area contributed by atoms with Crippen molar-refractivity contribution in [3.63, 3.8) is 0 Å². The van der Waals surface area contributed by atoms with Crippen LogP contribution in [-0.2, 0) is 0 Å². The molecule has 1 aliphatic heterocycles. The number of hydrogen-bond acceptors (Lipinski definition) is 1. The van der Waals surface area contributed by atoms with E-state index in [1.165, 1.54) is 35.9 Å². The Balaban J connectivity index is 1.97. The lowest BCUT2D eigenvalue weighted by molar-refractivity contribution is 0.462. The van der Waals surface area contributed by atoms with Gasteiger partial charge in [-0.25, -0.2) is 0 Å². The van der Waals surface area contributed by atoms with Gasteiger partial charge in [0.05, 0.1) is 0 Å². The van der Waals surface area contributed by atoms with E-state index in [-0.39, 0.29) is 0 Å². The van der Waals surface area contributed by atoms with Gasteiger partial charge >= 0.3 is 0 Å². The largest absolute Gasteiger partial charge is 0.360 e. The molecule has 0 radical (unpaired) electrons. The zero-order chi connectivity index (χ0) is 11.0. The molecule has 1 fully saturated rings. The van der Waals surface area contributed by atoms with Gasteiger partial charge in [-0.05, 0) is 52.9 Å². The van der Waals surface area contributed by atoms with E-state index < -0.39 is 0 Å². The van der Waals surface area contributed by atoms with Crippen LogP contribution >= 0.6 is 15.9 Å². The van der Waals surface area contributed by atoms with Crippen molar-refractivity contribution in [2.24, 2.45) is 0 Å². The Hall–Kier alpha value is -0.800. The Labute approximate surface area is 104 Å². The SMILES string of the molecule is Brc1c[nH]c2cc(C3CCCNC3)ccc12. The lowest BCUT2D eigenvalue weighted by atomic mass is 9.91. The van der Waals surface area contributed by atoms with Crippen molar-refractivity contribution in [1.82, 2.24) is 10.3 Å². The van der Waals surface area contributed by atoms with Gasteiger partial charge in [0.1, 0.15) is 0 Å². The fourth-order valence-electron chi connectivity index (χ4n) is 2.50. The summed E-state index contributed by atoms with van der Waals surface area (Å²) >= 11 is 3.54. The molecule has 0 amide bonds. The van der Waals surface area contributed by atoms with Crippen LogP contribution in [-0.4, -0.2) is 18.1 Å². The minimum atomic E-state index is 0.681. The van der Waals surface area contributed by atoms with Crippen LogP contribution in [0.1, 0.15) is 24.3 Å².